The molecule has 41 heavy (non-hydrogen) atoms. The number of nitrogens with zero attached hydrogens (tertiary/aromatic N) is 6. The van der Waals surface area contributed by atoms with Crippen LogP contribution in [0.5, 0.6) is 11.6 Å². The fourth-order valence-corrected chi connectivity index (χ4v) is 6.17. The molecule has 0 radical (unpaired) electrons. The Morgan fingerprint density at radius 3 is 2.63 bits per heavy atom. The number of carbonyl (C=O) groups excluding carboxylic acids is 1. The number of ether oxygens (including phenoxy) is 1. The van der Waals surface area contributed by atoms with Crippen LogP contribution in [0.3, 0.4) is 0 Å². The third-order valence-corrected chi connectivity index (χ3v) is 8.18. The van der Waals surface area contributed by atoms with Gasteiger partial charge in [-0.3, -0.25) is 9.69 Å². The first-order chi connectivity index (χ1) is 19.5. The van der Waals surface area contributed by atoms with Crippen molar-refractivity contribution in [2.75, 3.05) is 44.2 Å². The molecule has 1 unspecified atom stereocenters. The van der Waals surface area contributed by atoms with Gasteiger partial charge in [0.05, 0.1) is 5.56 Å². The SMILES string of the molecule is CCN(C(=O)c1cc(F)ccc1Oc1nncnc1N1CCC2(C1)CN(C(CCCNC(=O)O)C(C)C)C2)C(C)C. The van der Waals surface area contributed by atoms with Gasteiger partial charge in [0.15, 0.2) is 5.82 Å². The number of aromatic nitrogens is 3. The summed E-state index contributed by atoms with van der Waals surface area (Å²) in [7, 11) is 0. The zero-order chi connectivity index (χ0) is 29.7. The number of nitrogens with one attached hydrogen (secondary N) is 1. The van der Waals surface area contributed by atoms with Crippen LogP contribution in [0.1, 0.15) is 64.2 Å². The maximum Gasteiger partial charge on any atom is 0.404 e. The molecule has 2 aliphatic heterocycles. The van der Waals surface area contributed by atoms with Gasteiger partial charge in [0.2, 0.25) is 0 Å². The molecule has 2 aliphatic rings. The number of rotatable bonds is 12. The van der Waals surface area contributed by atoms with E-state index in [-0.39, 0.29) is 34.6 Å². The van der Waals surface area contributed by atoms with Gasteiger partial charge in [-0.25, -0.2) is 14.2 Å². The number of benzene rings is 1. The summed E-state index contributed by atoms with van der Waals surface area (Å²) in [6.07, 6.45) is 3.14. The molecule has 2 saturated heterocycles. The maximum atomic E-state index is 14.2. The summed E-state index contributed by atoms with van der Waals surface area (Å²) >= 11 is 0. The molecular weight excluding hydrogens is 529 g/mol. The molecule has 2 N–H and O–H groups in total. The van der Waals surface area contributed by atoms with Gasteiger partial charge in [-0.2, -0.15) is 0 Å². The second kappa shape index (κ2) is 13.0. The summed E-state index contributed by atoms with van der Waals surface area (Å²) in [6, 6.07) is 4.24. The highest BCUT2D eigenvalue weighted by molar-refractivity contribution is 5.97. The van der Waals surface area contributed by atoms with E-state index in [2.05, 4.69) is 44.1 Å². The molecule has 2 aromatic rings. The van der Waals surface area contributed by atoms with Crippen LogP contribution in [0, 0.1) is 17.2 Å². The Hall–Kier alpha value is -3.54. The van der Waals surface area contributed by atoms with E-state index in [0.717, 1.165) is 45.4 Å². The van der Waals surface area contributed by atoms with Crippen molar-refractivity contribution in [3.63, 3.8) is 0 Å². The summed E-state index contributed by atoms with van der Waals surface area (Å²) in [5.74, 6) is 0.567. The lowest BCUT2D eigenvalue weighted by Gasteiger charge is -2.53. The Balaban J connectivity index is 1.45. The van der Waals surface area contributed by atoms with Crippen molar-refractivity contribution in [2.24, 2.45) is 11.3 Å². The Morgan fingerprint density at radius 2 is 1.98 bits per heavy atom. The lowest BCUT2D eigenvalue weighted by atomic mass is 9.76. The topological polar surface area (TPSA) is 124 Å². The van der Waals surface area contributed by atoms with Crippen LogP contribution < -0.4 is 15.0 Å². The Kier molecular flexibility index (Phi) is 9.62. The quantitative estimate of drug-likeness (QED) is 0.360. The molecule has 12 heteroatoms. The largest absolute Gasteiger partial charge is 0.465 e. The van der Waals surface area contributed by atoms with E-state index in [1.165, 1.54) is 24.5 Å². The molecule has 1 aromatic carbocycles. The number of carboxylic acid groups (broad SMARTS) is 1. The van der Waals surface area contributed by atoms with Gasteiger partial charge in [0.25, 0.3) is 11.8 Å². The van der Waals surface area contributed by atoms with Crippen molar-refractivity contribution in [2.45, 2.75) is 66.0 Å². The van der Waals surface area contributed by atoms with Crippen molar-refractivity contribution in [1.29, 1.82) is 0 Å². The van der Waals surface area contributed by atoms with Gasteiger partial charge in [0.1, 0.15) is 17.9 Å². The molecular formula is C29H42FN7O4. The van der Waals surface area contributed by atoms with E-state index in [4.69, 9.17) is 9.84 Å². The Morgan fingerprint density at radius 1 is 1.22 bits per heavy atom. The lowest BCUT2D eigenvalue weighted by molar-refractivity contribution is -0.0338. The van der Waals surface area contributed by atoms with Crippen LogP contribution in [-0.2, 0) is 0 Å². The number of hydrogen-bond donors (Lipinski definition) is 2. The van der Waals surface area contributed by atoms with Gasteiger partial charge >= 0.3 is 6.09 Å². The standard InChI is InChI=1S/C29H42FN7O4/c1-6-37(20(4)5)27(38)22-14-21(30)9-10-24(22)41-26-25(32-18-33-34-26)35-13-11-29(15-35)16-36(17-29)23(19(2)3)8-7-12-31-28(39)40/h9-10,14,18-20,23,31H,6-8,11-13,15-17H2,1-5H3,(H,39,40). The molecule has 2 fully saturated rings. The summed E-state index contributed by atoms with van der Waals surface area (Å²) in [6.45, 7) is 14.6. The first kappa shape index (κ1) is 30.4. The van der Waals surface area contributed by atoms with Crippen molar-refractivity contribution in [1.82, 2.24) is 30.3 Å². The Bertz CT molecular complexity index is 1220. The molecule has 11 nitrogen and oxygen atoms in total. The molecule has 1 aromatic heterocycles. The number of hydrogen-bond acceptors (Lipinski definition) is 8. The van der Waals surface area contributed by atoms with Gasteiger partial charge in [0, 0.05) is 56.8 Å². The highest BCUT2D eigenvalue weighted by Crippen LogP contribution is 2.44. The lowest BCUT2D eigenvalue weighted by Crippen LogP contribution is -2.62. The summed E-state index contributed by atoms with van der Waals surface area (Å²) in [5, 5.41) is 19.4. The molecule has 0 bridgehead atoms. The molecule has 224 valence electrons. The second-order valence-corrected chi connectivity index (χ2v) is 11.8. The summed E-state index contributed by atoms with van der Waals surface area (Å²) in [5.41, 5.74) is 0.257. The highest BCUT2D eigenvalue weighted by atomic mass is 19.1. The first-order valence-corrected chi connectivity index (χ1v) is 14.5. The normalized spacial score (nSPS) is 17.1. The molecule has 3 heterocycles. The van der Waals surface area contributed by atoms with Crippen molar-refractivity contribution >= 4 is 17.8 Å². The zero-order valence-electron chi connectivity index (χ0n) is 24.6. The number of anilines is 1. The third-order valence-electron chi connectivity index (χ3n) is 8.18. The van der Waals surface area contributed by atoms with E-state index in [1.807, 2.05) is 20.8 Å². The van der Waals surface area contributed by atoms with Crippen molar-refractivity contribution in [3.05, 3.63) is 35.9 Å². The average molecular weight is 572 g/mol. The minimum atomic E-state index is -0.983. The fourth-order valence-electron chi connectivity index (χ4n) is 6.17. The monoisotopic (exact) mass is 571 g/mol. The summed E-state index contributed by atoms with van der Waals surface area (Å²) < 4.78 is 20.4. The van der Waals surface area contributed by atoms with Gasteiger partial charge in [-0.05, 0) is 64.2 Å². The average Bonchev–Trinajstić information content (AvgIpc) is 3.35. The molecule has 1 spiro atoms. The predicted octanol–water partition coefficient (Wildman–Crippen LogP) is 4.26. The summed E-state index contributed by atoms with van der Waals surface area (Å²) in [4.78, 5) is 34.8. The van der Waals surface area contributed by atoms with Crippen molar-refractivity contribution < 1.29 is 23.8 Å². The van der Waals surface area contributed by atoms with E-state index in [0.29, 0.717) is 30.9 Å². The van der Waals surface area contributed by atoms with E-state index < -0.39 is 11.9 Å². The minimum absolute atomic E-state index is 0.0584. The van der Waals surface area contributed by atoms with E-state index >= 15 is 0 Å². The zero-order valence-corrected chi connectivity index (χ0v) is 24.6. The van der Waals surface area contributed by atoms with E-state index in [1.54, 1.807) is 4.90 Å². The minimum Gasteiger partial charge on any atom is -0.465 e. The van der Waals surface area contributed by atoms with Crippen molar-refractivity contribution in [3.8, 4) is 11.6 Å². The van der Waals surface area contributed by atoms with Gasteiger partial charge in [-0.15, -0.1) is 10.2 Å². The van der Waals surface area contributed by atoms with Crippen LogP contribution in [0.2, 0.25) is 0 Å². The fraction of sp³-hybridized carbons (Fsp3) is 0.621. The number of carbonyl (C=O) groups is 2. The van der Waals surface area contributed by atoms with Gasteiger partial charge in [-0.1, -0.05) is 13.8 Å². The number of amides is 2. The second-order valence-electron chi connectivity index (χ2n) is 11.8. The van der Waals surface area contributed by atoms with Gasteiger partial charge < -0.3 is 25.0 Å². The maximum absolute atomic E-state index is 14.2. The molecule has 0 aliphatic carbocycles. The smallest absolute Gasteiger partial charge is 0.404 e. The predicted molar refractivity (Wildman–Crippen MR) is 153 cm³/mol. The highest BCUT2D eigenvalue weighted by Gasteiger charge is 2.50. The first-order valence-electron chi connectivity index (χ1n) is 14.5. The van der Waals surface area contributed by atoms with E-state index in [9.17, 15) is 14.0 Å². The third kappa shape index (κ3) is 7.03. The van der Waals surface area contributed by atoms with Crippen LogP contribution in [-0.4, -0.2) is 93.4 Å². The Labute approximate surface area is 241 Å². The number of likely N-dealkylation sites (tertiary alicyclic amines) is 1. The van der Waals surface area contributed by atoms with Crippen LogP contribution >= 0.6 is 0 Å². The number of halogens is 1. The molecule has 1 atom stereocenters. The van der Waals surface area contributed by atoms with Crippen LogP contribution in [0.25, 0.3) is 0 Å². The molecule has 4 rings (SSSR count). The van der Waals surface area contributed by atoms with Crippen LogP contribution in [0.15, 0.2) is 24.5 Å². The van der Waals surface area contributed by atoms with Crippen LogP contribution in [0.4, 0.5) is 15.0 Å². The molecule has 0 saturated carbocycles. The molecule has 2 amide bonds.